The molecule has 4 atom stereocenters. The number of aromatic nitrogens is 8. The molecule has 4 aliphatic rings. The van der Waals surface area contributed by atoms with Crippen LogP contribution >= 0.6 is 11.8 Å². The standard InChI is InChI=1S/C24H30N6O3S.C16H28N2O3Si.C15H19N3S/c1-24(2)9-8-18-19(12-24)28-29-21(18)23(31)27-17-13-26-30(15-17)22(16-6-4-3-5-7-16)20-14-25-10-11-34(20,32)33;1-16(2)7-6-12-13(10-16)18(17-14(12)15(19)20)11-21-8-9-22(3,4)5;16-13-10-17-18(11-13)15(12-6-2-1-3-7-12)14-8-4-5-9-19-14/h3-7,13,15,20,22,25H,8-12,14H2,1-2H3,(H,27,31)(H,28,29);6-11H2,1-5H3,(H,19,20);1-3,6-7,10-11,14-15H,4-5,8-9,16H2. The third-order valence-electron chi connectivity index (χ3n) is 14.8. The zero-order valence-electron chi connectivity index (χ0n) is 44.7. The Morgan fingerprint density at radius 2 is 1.55 bits per heavy atom. The van der Waals surface area contributed by atoms with Gasteiger partial charge in [0.15, 0.2) is 21.2 Å². The number of rotatable bonds is 14. The van der Waals surface area contributed by atoms with Gasteiger partial charge in [0, 0.05) is 67.9 Å². The minimum Gasteiger partial charge on any atom is -0.476 e. The summed E-state index contributed by atoms with van der Waals surface area (Å²) in [5, 5.41) is 35.9. The number of hydrogen-bond acceptors (Lipinski definition) is 12. The zero-order valence-corrected chi connectivity index (χ0v) is 47.4. The number of aromatic amines is 1. The van der Waals surface area contributed by atoms with Crippen LogP contribution in [0.5, 0.6) is 0 Å². The minimum atomic E-state index is -3.31. The van der Waals surface area contributed by atoms with E-state index in [1.165, 1.54) is 30.6 Å². The lowest BCUT2D eigenvalue weighted by atomic mass is 9.76. The Morgan fingerprint density at radius 3 is 2.17 bits per heavy atom. The molecule has 10 rings (SSSR count). The number of amides is 1. The summed E-state index contributed by atoms with van der Waals surface area (Å²) in [4.78, 5) is 24.4. The summed E-state index contributed by atoms with van der Waals surface area (Å²) in [6.07, 6.45) is 16.2. The lowest BCUT2D eigenvalue weighted by Crippen LogP contribution is -2.48. The summed E-state index contributed by atoms with van der Waals surface area (Å²) >= 11 is 2.07. The normalized spacial score (nSPS) is 20.4. The van der Waals surface area contributed by atoms with E-state index in [1.54, 1.807) is 28.0 Å². The summed E-state index contributed by atoms with van der Waals surface area (Å²) in [7, 11) is -4.42. The van der Waals surface area contributed by atoms with Crippen LogP contribution in [0.25, 0.3) is 0 Å². The molecule has 6 aromatic rings. The molecule has 2 aliphatic heterocycles. The molecule has 0 bridgehead atoms. The number of anilines is 2. The number of carbonyl (C=O) groups is 2. The Kier molecular flexibility index (Phi) is 17.7. The van der Waals surface area contributed by atoms with Gasteiger partial charge in [-0.2, -0.15) is 32.2 Å². The lowest BCUT2D eigenvalue weighted by molar-refractivity contribution is 0.0667. The maximum Gasteiger partial charge on any atom is 0.356 e. The highest BCUT2D eigenvalue weighted by atomic mass is 32.2. The summed E-state index contributed by atoms with van der Waals surface area (Å²) < 4.78 is 37.1. The van der Waals surface area contributed by atoms with Crippen LogP contribution in [0.3, 0.4) is 0 Å². The number of hydrogen-bond donors (Lipinski definition) is 5. The van der Waals surface area contributed by atoms with Gasteiger partial charge in [-0.3, -0.25) is 19.3 Å². The molecule has 4 aromatic heterocycles. The molecule has 2 aromatic carbocycles. The maximum absolute atomic E-state index is 13.0. The second-order valence-electron chi connectivity index (χ2n) is 23.3. The minimum absolute atomic E-state index is 0.0902. The van der Waals surface area contributed by atoms with Gasteiger partial charge >= 0.3 is 5.97 Å². The van der Waals surface area contributed by atoms with Crippen LogP contribution in [-0.4, -0.2) is 115 Å². The number of nitrogens with one attached hydrogen (secondary N) is 3. The van der Waals surface area contributed by atoms with Gasteiger partial charge < -0.3 is 26.2 Å². The quantitative estimate of drug-likeness (QED) is 0.0507. The molecule has 404 valence electrons. The van der Waals surface area contributed by atoms with E-state index in [-0.39, 0.29) is 28.2 Å². The number of thioether (sulfide) groups is 1. The van der Waals surface area contributed by atoms with Gasteiger partial charge in [-0.25, -0.2) is 17.9 Å². The molecule has 20 heteroatoms. The van der Waals surface area contributed by atoms with E-state index in [2.05, 4.69) is 126 Å². The van der Waals surface area contributed by atoms with E-state index in [0.717, 1.165) is 84.9 Å². The Hall–Kier alpha value is -5.54. The van der Waals surface area contributed by atoms with E-state index >= 15 is 0 Å². The zero-order chi connectivity index (χ0) is 53.5. The average molecular weight is 1080 g/mol. The number of nitrogens with zero attached hydrogens (tertiary/aromatic N) is 7. The van der Waals surface area contributed by atoms with Gasteiger partial charge in [0.05, 0.1) is 41.6 Å². The van der Waals surface area contributed by atoms with Crippen LogP contribution < -0.4 is 16.4 Å². The molecule has 2 saturated heterocycles. The first kappa shape index (κ1) is 55.7. The predicted octanol–water partition coefficient (Wildman–Crippen LogP) is 9.10. The Bertz CT molecular complexity index is 2980. The number of nitrogen functional groups attached to an aromatic ring is 1. The fourth-order valence-electron chi connectivity index (χ4n) is 10.5. The van der Waals surface area contributed by atoms with Crippen molar-refractivity contribution in [1.82, 2.24) is 44.9 Å². The SMILES string of the molecule is CC1(C)CCc2c(C(=O)Nc3cnn(C(c4ccccc4)C4CNCCS4(=O)=O)c3)n[nH]c2C1.CC1(C)CCc2c(C(=O)O)nn(COCC[Si](C)(C)C)c2C1.Nc1cnn(C(c2ccccc2)C2CCCCS2)c1. The molecule has 1 amide bonds. The third kappa shape index (κ3) is 14.3. The van der Waals surface area contributed by atoms with Gasteiger partial charge in [-0.1, -0.05) is 114 Å². The van der Waals surface area contributed by atoms with Crippen LogP contribution in [0.2, 0.25) is 25.7 Å². The smallest absolute Gasteiger partial charge is 0.356 e. The van der Waals surface area contributed by atoms with E-state index in [0.29, 0.717) is 42.5 Å². The van der Waals surface area contributed by atoms with Gasteiger partial charge in [-0.05, 0) is 85.1 Å². The number of carboxylic acid groups (broad SMARTS) is 1. The number of fused-ring (bicyclic) bond motifs is 2. The highest BCUT2D eigenvalue weighted by molar-refractivity contribution is 8.00. The van der Waals surface area contributed by atoms with Crippen molar-refractivity contribution < 1.29 is 27.9 Å². The average Bonchev–Trinajstić information content (AvgIpc) is 4.19. The van der Waals surface area contributed by atoms with Crippen LogP contribution in [0.4, 0.5) is 11.4 Å². The summed E-state index contributed by atoms with van der Waals surface area (Å²) in [5.74, 6) is 0.120. The van der Waals surface area contributed by atoms with E-state index in [4.69, 9.17) is 10.5 Å². The predicted molar refractivity (Wildman–Crippen MR) is 300 cm³/mol. The van der Waals surface area contributed by atoms with Crippen molar-refractivity contribution in [2.24, 2.45) is 10.8 Å². The highest BCUT2D eigenvalue weighted by Crippen LogP contribution is 2.39. The fourth-order valence-corrected chi connectivity index (χ4v) is 14.5. The molecule has 4 unspecified atom stereocenters. The molecular weight excluding hydrogens is 1000 g/mol. The Morgan fingerprint density at radius 1 is 0.893 bits per heavy atom. The van der Waals surface area contributed by atoms with Crippen molar-refractivity contribution in [3.05, 3.63) is 130 Å². The third-order valence-corrected chi connectivity index (χ3v) is 20.0. The maximum atomic E-state index is 13.0. The molecule has 0 saturated carbocycles. The fraction of sp³-hybridized carbons (Fsp3) is 0.527. The molecule has 6 heterocycles. The van der Waals surface area contributed by atoms with Crippen molar-refractivity contribution in [3.8, 4) is 0 Å². The molecular formula is C55H77N11O6S2Si. The monoisotopic (exact) mass is 1080 g/mol. The highest BCUT2D eigenvalue weighted by Gasteiger charge is 2.39. The largest absolute Gasteiger partial charge is 0.476 e. The number of nitrogens with two attached hydrogens (primary N) is 1. The van der Waals surface area contributed by atoms with E-state index in [9.17, 15) is 23.1 Å². The number of aromatic carboxylic acids is 1. The number of H-pyrrole nitrogens is 1. The number of benzene rings is 2. The number of ether oxygens (including phenoxy) is 1. The van der Waals surface area contributed by atoms with Crippen molar-refractivity contribution in [3.63, 3.8) is 0 Å². The lowest BCUT2D eigenvalue weighted by Gasteiger charge is -2.31. The van der Waals surface area contributed by atoms with E-state index < -0.39 is 35.2 Å². The first-order valence-electron chi connectivity index (χ1n) is 26.4. The molecule has 2 fully saturated rings. The van der Waals surface area contributed by atoms with Gasteiger partial charge in [0.2, 0.25) is 0 Å². The number of carbonyl (C=O) groups excluding carboxylic acids is 1. The van der Waals surface area contributed by atoms with Crippen LogP contribution in [0.1, 0.15) is 127 Å². The van der Waals surface area contributed by atoms with Crippen LogP contribution in [0.15, 0.2) is 85.5 Å². The van der Waals surface area contributed by atoms with Gasteiger partial charge in [-0.15, -0.1) is 0 Å². The molecule has 0 spiro atoms. The second-order valence-corrected chi connectivity index (χ2v) is 32.6. The van der Waals surface area contributed by atoms with Crippen molar-refractivity contribution in [1.29, 1.82) is 0 Å². The summed E-state index contributed by atoms with van der Waals surface area (Å²) in [5.41, 5.74) is 14.2. The van der Waals surface area contributed by atoms with Crippen molar-refractivity contribution >= 4 is 52.9 Å². The Labute approximate surface area is 447 Å². The van der Waals surface area contributed by atoms with Crippen molar-refractivity contribution in [2.75, 3.05) is 42.3 Å². The topological polar surface area (TPSA) is 230 Å². The van der Waals surface area contributed by atoms with Crippen LogP contribution in [0, 0.1) is 10.8 Å². The van der Waals surface area contributed by atoms with Crippen molar-refractivity contribution in [2.45, 2.75) is 140 Å². The Balaban J connectivity index is 0.000000158. The van der Waals surface area contributed by atoms with E-state index in [1.807, 2.05) is 41.2 Å². The second kappa shape index (κ2) is 23.8. The molecule has 17 nitrogen and oxygen atoms in total. The first-order chi connectivity index (χ1) is 35.7. The number of sulfone groups is 1. The molecule has 0 radical (unpaired) electrons. The van der Waals surface area contributed by atoms with Gasteiger partial charge in [0.25, 0.3) is 5.91 Å². The molecule has 6 N–H and O–H groups in total. The molecule has 2 aliphatic carbocycles. The summed E-state index contributed by atoms with van der Waals surface area (Å²) in [6, 6.07) is 21.0. The number of carboxylic acids is 1. The molecule has 75 heavy (non-hydrogen) atoms. The summed E-state index contributed by atoms with van der Waals surface area (Å²) in [6.45, 7) is 17.7. The van der Waals surface area contributed by atoms with Gasteiger partial charge in [0.1, 0.15) is 12.0 Å². The van der Waals surface area contributed by atoms with Crippen LogP contribution in [-0.2, 0) is 47.0 Å². The first-order valence-corrected chi connectivity index (χ1v) is 32.9.